The fraction of sp³-hybridized carbons (Fsp3) is 0.308. The number of ether oxygens (including phenoxy) is 1. The zero-order valence-electron chi connectivity index (χ0n) is 11.2. The van der Waals surface area contributed by atoms with Crippen LogP contribution in [0.2, 0.25) is 0 Å². The van der Waals surface area contributed by atoms with E-state index in [0.29, 0.717) is 30.1 Å². The molecule has 0 fully saturated rings. The molecule has 0 aliphatic carbocycles. The predicted octanol–water partition coefficient (Wildman–Crippen LogP) is 0.689. The monoisotopic (exact) mass is 275 g/mol. The number of carbonyl (C=O) groups excluding carboxylic acids is 1. The molecule has 1 heterocycles. The molecule has 2 aromatic rings. The fourth-order valence-electron chi connectivity index (χ4n) is 1.75. The van der Waals surface area contributed by atoms with Gasteiger partial charge in [0.15, 0.2) is 0 Å². The minimum Gasteiger partial charge on any atom is -0.497 e. The van der Waals surface area contributed by atoms with E-state index in [1.54, 1.807) is 42.4 Å². The Labute approximate surface area is 116 Å². The number of nitrogen functional groups attached to an aromatic ring is 1. The number of nitrogens with zero attached hydrogens (tertiary/aromatic N) is 3. The molecule has 20 heavy (non-hydrogen) atoms. The Kier molecular flexibility index (Phi) is 4.54. The van der Waals surface area contributed by atoms with Crippen molar-refractivity contribution in [3.05, 3.63) is 36.2 Å². The van der Waals surface area contributed by atoms with Crippen molar-refractivity contribution >= 4 is 11.6 Å². The summed E-state index contributed by atoms with van der Waals surface area (Å²) in [6.07, 6.45) is 4.16. The van der Waals surface area contributed by atoms with Crippen LogP contribution in [0.25, 0.3) is 0 Å². The Morgan fingerprint density at radius 1 is 1.50 bits per heavy atom. The topological polar surface area (TPSA) is 95.1 Å². The second kappa shape index (κ2) is 6.55. The quantitative estimate of drug-likeness (QED) is 0.597. The van der Waals surface area contributed by atoms with Crippen LogP contribution in [0.4, 0.5) is 5.69 Å². The van der Waals surface area contributed by atoms with Crippen molar-refractivity contribution in [2.24, 2.45) is 0 Å². The van der Waals surface area contributed by atoms with E-state index in [1.165, 1.54) is 0 Å². The number of anilines is 1. The Hall–Kier alpha value is -2.57. The summed E-state index contributed by atoms with van der Waals surface area (Å²) in [5, 5.41) is 10.4. The zero-order chi connectivity index (χ0) is 14.4. The van der Waals surface area contributed by atoms with Crippen LogP contribution in [0.15, 0.2) is 30.6 Å². The Balaban J connectivity index is 1.85. The van der Waals surface area contributed by atoms with Crippen molar-refractivity contribution in [2.75, 3.05) is 19.4 Å². The first-order chi connectivity index (χ1) is 9.70. The number of amides is 1. The van der Waals surface area contributed by atoms with Gasteiger partial charge >= 0.3 is 0 Å². The van der Waals surface area contributed by atoms with Gasteiger partial charge in [-0.05, 0) is 24.6 Å². The molecule has 0 aliphatic rings. The van der Waals surface area contributed by atoms with E-state index in [0.717, 1.165) is 6.42 Å². The lowest BCUT2D eigenvalue weighted by atomic mass is 10.1. The lowest BCUT2D eigenvalue weighted by molar-refractivity contribution is 0.0953. The third-order valence-electron chi connectivity index (χ3n) is 2.83. The molecule has 0 spiro atoms. The van der Waals surface area contributed by atoms with Crippen LogP contribution in [-0.2, 0) is 6.54 Å². The molecule has 0 radical (unpaired) electrons. The molecule has 106 valence electrons. The van der Waals surface area contributed by atoms with Gasteiger partial charge in [-0.1, -0.05) is 5.21 Å². The molecule has 1 aromatic heterocycles. The molecule has 0 aliphatic heterocycles. The Morgan fingerprint density at radius 2 is 2.35 bits per heavy atom. The van der Waals surface area contributed by atoms with Crippen LogP contribution in [0.5, 0.6) is 5.75 Å². The van der Waals surface area contributed by atoms with Crippen molar-refractivity contribution in [3.8, 4) is 5.75 Å². The maximum atomic E-state index is 12.0. The summed E-state index contributed by atoms with van der Waals surface area (Å²) in [6.45, 7) is 1.24. The van der Waals surface area contributed by atoms with Crippen LogP contribution in [0, 0.1) is 0 Å². The standard InChI is InChI=1S/C13H17N5O2/c1-20-10-3-4-12(14)11(9-10)13(19)15-5-2-7-18-8-6-16-17-18/h3-4,6,8-9H,2,5,7,14H2,1H3,(H,15,19). The summed E-state index contributed by atoms with van der Waals surface area (Å²) in [7, 11) is 1.55. The van der Waals surface area contributed by atoms with Crippen LogP contribution in [0.1, 0.15) is 16.8 Å². The van der Waals surface area contributed by atoms with E-state index in [1.807, 2.05) is 0 Å². The third-order valence-corrected chi connectivity index (χ3v) is 2.83. The number of carbonyl (C=O) groups is 1. The molecule has 0 unspecified atom stereocenters. The highest BCUT2D eigenvalue weighted by Gasteiger charge is 2.10. The summed E-state index contributed by atoms with van der Waals surface area (Å²) in [5.41, 5.74) is 6.64. The van der Waals surface area contributed by atoms with Gasteiger partial charge in [-0.25, -0.2) is 0 Å². The molecule has 3 N–H and O–H groups in total. The first kappa shape index (κ1) is 13.9. The Bertz CT molecular complexity index is 568. The largest absolute Gasteiger partial charge is 0.497 e. The van der Waals surface area contributed by atoms with Gasteiger partial charge in [-0.3, -0.25) is 9.48 Å². The second-order valence-electron chi connectivity index (χ2n) is 4.23. The van der Waals surface area contributed by atoms with E-state index in [9.17, 15) is 4.79 Å². The maximum absolute atomic E-state index is 12.0. The van der Waals surface area contributed by atoms with E-state index < -0.39 is 0 Å². The molecule has 7 heteroatoms. The van der Waals surface area contributed by atoms with Gasteiger partial charge in [0.1, 0.15) is 5.75 Å². The summed E-state index contributed by atoms with van der Waals surface area (Å²) >= 11 is 0. The lowest BCUT2D eigenvalue weighted by Gasteiger charge is -2.09. The average molecular weight is 275 g/mol. The fourth-order valence-corrected chi connectivity index (χ4v) is 1.75. The SMILES string of the molecule is COc1ccc(N)c(C(=O)NCCCn2ccnn2)c1. The van der Waals surface area contributed by atoms with Crippen molar-refractivity contribution in [2.45, 2.75) is 13.0 Å². The maximum Gasteiger partial charge on any atom is 0.253 e. The molecule has 1 aromatic carbocycles. The van der Waals surface area contributed by atoms with Crippen molar-refractivity contribution in [1.82, 2.24) is 20.3 Å². The zero-order valence-corrected chi connectivity index (χ0v) is 11.2. The summed E-state index contributed by atoms with van der Waals surface area (Å²) < 4.78 is 6.79. The number of aromatic nitrogens is 3. The van der Waals surface area contributed by atoms with Gasteiger partial charge in [-0.15, -0.1) is 5.10 Å². The summed E-state index contributed by atoms with van der Waals surface area (Å²) in [6, 6.07) is 5.00. The first-order valence-corrected chi connectivity index (χ1v) is 6.26. The molecule has 0 bridgehead atoms. The average Bonchev–Trinajstić information content (AvgIpc) is 2.97. The van der Waals surface area contributed by atoms with Crippen LogP contribution < -0.4 is 15.8 Å². The summed E-state index contributed by atoms with van der Waals surface area (Å²) in [4.78, 5) is 12.0. The van der Waals surface area contributed by atoms with E-state index >= 15 is 0 Å². The number of nitrogens with one attached hydrogen (secondary N) is 1. The normalized spacial score (nSPS) is 10.2. The number of rotatable bonds is 6. The van der Waals surface area contributed by atoms with E-state index in [4.69, 9.17) is 10.5 Å². The molecule has 2 rings (SSSR count). The molecular weight excluding hydrogens is 258 g/mol. The molecule has 0 atom stereocenters. The summed E-state index contributed by atoms with van der Waals surface area (Å²) in [5.74, 6) is 0.395. The highest BCUT2D eigenvalue weighted by atomic mass is 16.5. The number of methoxy groups -OCH3 is 1. The van der Waals surface area contributed by atoms with Gasteiger partial charge in [0, 0.05) is 25.0 Å². The second-order valence-corrected chi connectivity index (χ2v) is 4.23. The third kappa shape index (κ3) is 3.47. The molecule has 7 nitrogen and oxygen atoms in total. The number of nitrogens with two attached hydrogens (primary N) is 1. The highest BCUT2D eigenvalue weighted by Crippen LogP contribution is 2.19. The smallest absolute Gasteiger partial charge is 0.253 e. The van der Waals surface area contributed by atoms with Crippen molar-refractivity contribution in [1.29, 1.82) is 0 Å². The molecule has 0 saturated carbocycles. The number of aryl methyl sites for hydroxylation is 1. The van der Waals surface area contributed by atoms with E-state index in [2.05, 4.69) is 15.6 Å². The van der Waals surface area contributed by atoms with Crippen LogP contribution in [-0.4, -0.2) is 34.6 Å². The van der Waals surface area contributed by atoms with Crippen LogP contribution >= 0.6 is 0 Å². The minimum absolute atomic E-state index is 0.208. The van der Waals surface area contributed by atoms with Gasteiger partial charge in [0.2, 0.25) is 0 Å². The van der Waals surface area contributed by atoms with Crippen molar-refractivity contribution < 1.29 is 9.53 Å². The minimum atomic E-state index is -0.208. The van der Waals surface area contributed by atoms with Gasteiger partial charge in [0.05, 0.1) is 18.9 Å². The predicted molar refractivity (Wildman–Crippen MR) is 74.4 cm³/mol. The molecule has 1 amide bonds. The first-order valence-electron chi connectivity index (χ1n) is 6.26. The van der Waals surface area contributed by atoms with Crippen molar-refractivity contribution in [3.63, 3.8) is 0 Å². The van der Waals surface area contributed by atoms with Gasteiger partial charge < -0.3 is 15.8 Å². The van der Waals surface area contributed by atoms with E-state index in [-0.39, 0.29) is 5.91 Å². The Morgan fingerprint density at radius 3 is 3.05 bits per heavy atom. The number of hydrogen-bond donors (Lipinski definition) is 2. The number of benzene rings is 1. The van der Waals surface area contributed by atoms with Gasteiger partial charge in [-0.2, -0.15) is 0 Å². The molecular formula is C13H17N5O2. The highest BCUT2D eigenvalue weighted by molar-refractivity contribution is 5.99. The number of hydrogen-bond acceptors (Lipinski definition) is 5. The lowest BCUT2D eigenvalue weighted by Crippen LogP contribution is -2.26. The van der Waals surface area contributed by atoms with Crippen LogP contribution in [0.3, 0.4) is 0 Å². The molecule has 0 saturated heterocycles. The van der Waals surface area contributed by atoms with Gasteiger partial charge in [0.25, 0.3) is 5.91 Å².